The van der Waals surface area contributed by atoms with Crippen LogP contribution in [0.25, 0.3) is 0 Å². The molecule has 2 rings (SSSR count). The fourth-order valence-electron chi connectivity index (χ4n) is 7.37. The quantitative estimate of drug-likeness (QED) is 0.0383. The van der Waals surface area contributed by atoms with E-state index in [1.165, 1.54) is 75.6 Å². The molecule has 0 aliphatic carbocycles. The molecule has 0 fully saturated rings. The second-order valence-electron chi connectivity index (χ2n) is 18.8. The predicted octanol–water partition coefficient (Wildman–Crippen LogP) is 3.08. The van der Waals surface area contributed by atoms with E-state index in [0.29, 0.717) is 12.8 Å². The number of hydrogen-bond acceptors (Lipinski definition) is 16. The van der Waals surface area contributed by atoms with Crippen molar-refractivity contribution in [3.05, 3.63) is 59.7 Å². The van der Waals surface area contributed by atoms with Crippen molar-refractivity contribution in [2.45, 2.75) is 101 Å². The molecule has 2 aromatic rings. The van der Waals surface area contributed by atoms with Gasteiger partial charge in [0.15, 0.2) is 0 Å². The van der Waals surface area contributed by atoms with E-state index in [1.54, 1.807) is 0 Å². The number of rotatable bonds is 31. The zero-order chi connectivity index (χ0) is 45.5. The predicted molar refractivity (Wildman–Crippen MR) is 263 cm³/mol. The van der Waals surface area contributed by atoms with Crippen molar-refractivity contribution in [1.29, 1.82) is 0 Å². The molecule has 16 nitrogen and oxygen atoms in total. The van der Waals surface area contributed by atoms with E-state index in [1.807, 2.05) is 48.5 Å². The average Bonchev–Trinajstić information content (AvgIpc) is 3.08. The Kier molecular flexibility index (Phi) is 23.5. The fourth-order valence-corrected chi connectivity index (χ4v) is 20.8. The molecule has 0 radical (unpaired) electrons. The summed E-state index contributed by atoms with van der Waals surface area (Å²) < 4.78 is 12.5. The fraction of sp³-hybridized carbons (Fsp3) is 0.667. The molecule has 0 aromatic heterocycles. The van der Waals surface area contributed by atoms with Crippen molar-refractivity contribution in [3.8, 4) is 11.5 Å². The summed E-state index contributed by atoms with van der Waals surface area (Å²) in [6, 6.07) is 23.1. The van der Waals surface area contributed by atoms with Gasteiger partial charge in [-0.05, 0) is 0 Å². The van der Waals surface area contributed by atoms with Crippen LogP contribution in [-0.4, -0.2) is 154 Å². The van der Waals surface area contributed by atoms with Crippen molar-refractivity contribution >= 4 is 66.2 Å². The van der Waals surface area contributed by atoms with Gasteiger partial charge >= 0.3 is 299 Å². The summed E-state index contributed by atoms with van der Waals surface area (Å²) in [4.78, 5) is 116. The number of nitrogens with zero attached hydrogens (tertiary/aromatic N) is 2. The van der Waals surface area contributed by atoms with E-state index in [9.17, 15) is 58.7 Å². The third-order valence-corrected chi connectivity index (χ3v) is 24.8. The molecule has 0 saturated heterocycles. The molecule has 0 aliphatic rings. The SMILES string of the molecule is C[Si](C)(CCC[Si](C)(CCC[SiH3])CCC[Si](C)(C)COc1ccc(CCN(C[PH](O)(O)O)C[PH](O)(O)O)cc1)COc1ccc(CCN(C[PH](O)(O)O)C[PH](O)(O)O)cc1. The van der Waals surface area contributed by atoms with Gasteiger partial charge in [0.05, 0.1) is 8.07 Å². The molecule has 0 unspecified atom stereocenters. The number of benzene rings is 2. The van der Waals surface area contributed by atoms with Crippen LogP contribution in [0.2, 0.25) is 69.0 Å². The van der Waals surface area contributed by atoms with Gasteiger partial charge in [0, 0.05) is 10.2 Å². The third-order valence-electron chi connectivity index (χ3n) is 10.7. The number of hydrogen-bond donors (Lipinski definition) is 12. The van der Waals surface area contributed by atoms with Crippen LogP contribution >= 0.6 is 31.8 Å². The van der Waals surface area contributed by atoms with E-state index in [0.717, 1.165) is 35.1 Å². The Morgan fingerprint density at radius 3 is 1.05 bits per heavy atom. The maximum absolute atomic E-state index is 9.48. The van der Waals surface area contributed by atoms with Crippen molar-refractivity contribution in [2.75, 3.05) is 50.7 Å². The first-order valence-corrected chi connectivity index (χ1v) is 40.6. The van der Waals surface area contributed by atoms with Crippen molar-refractivity contribution in [1.82, 2.24) is 9.80 Å². The van der Waals surface area contributed by atoms with Crippen molar-refractivity contribution < 1.29 is 68.2 Å². The summed E-state index contributed by atoms with van der Waals surface area (Å²) in [5, 5.41) is 0. The van der Waals surface area contributed by atoms with E-state index in [2.05, 4.69) is 32.7 Å². The summed E-state index contributed by atoms with van der Waals surface area (Å²) in [7, 11) is -21.4. The second-order valence-corrected chi connectivity index (χ2v) is 42.6. The molecular formula is C36H80N2O14P4Si4. The molecule has 2 aromatic carbocycles. The number of ether oxygens (including phenoxy) is 2. The molecule has 0 amide bonds. The second kappa shape index (κ2) is 25.1. The van der Waals surface area contributed by atoms with Crippen LogP contribution in [0, 0.1) is 0 Å². The Balaban J connectivity index is 1.82. The Hall–Kier alpha value is 0.0675. The maximum atomic E-state index is 9.48. The van der Waals surface area contributed by atoms with Gasteiger partial charge in [-0.2, -0.15) is 0 Å². The first-order chi connectivity index (χ1) is 27.4. The third kappa shape index (κ3) is 27.4. The molecule has 12 N–H and O–H groups in total. The standard InChI is InChI=1S/C36H80N2O14P4Si4/c1-58(2,31-51-35-13-9-33(10-14-35)17-19-37(27-53(39,40)41)28-54(42,43)44)22-7-25-60(5,24-6-21-57)26-8-23-59(3,4)32-52-36-15-11-34(12-16-36)18-20-38(29-55(45,46)47)30-56(48,49)50/h9-16,39-50,53-56H,6-8,17-32H2,1-5,57H3. The molecule has 0 bridgehead atoms. The van der Waals surface area contributed by atoms with E-state index < -0.39 is 81.1 Å². The summed E-state index contributed by atoms with van der Waals surface area (Å²) in [5.74, 6) is 1.56. The van der Waals surface area contributed by atoms with Crippen molar-refractivity contribution in [3.63, 3.8) is 0 Å². The van der Waals surface area contributed by atoms with Crippen LogP contribution in [0.5, 0.6) is 11.5 Å². The minimum absolute atomic E-state index is 0.190. The molecule has 0 saturated carbocycles. The van der Waals surface area contributed by atoms with Crippen LogP contribution in [0.1, 0.15) is 30.4 Å². The van der Waals surface area contributed by atoms with Gasteiger partial charge in [-0.1, -0.05) is 50.0 Å². The normalized spacial score (nSPS) is 15.7. The average molecular weight is 1000 g/mol. The van der Waals surface area contributed by atoms with Gasteiger partial charge in [0.25, 0.3) is 0 Å². The summed E-state index contributed by atoms with van der Waals surface area (Å²) in [6.45, 7) is 12.5. The first kappa shape index (κ1) is 56.2. The molecule has 0 heterocycles. The Morgan fingerprint density at radius 1 is 0.467 bits per heavy atom. The van der Waals surface area contributed by atoms with Crippen LogP contribution < -0.4 is 9.47 Å². The zero-order valence-corrected chi connectivity index (χ0v) is 45.6. The van der Waals surface area contributed by atoms with Crippen LogP contribution in [-0.2, 0) is 12.8 Å². The van der Waals surface area contributed by atoms with Gasteiger partial charge in [-0.3, -0.25) is 0 Å². The Labute approximate surface area is 365 Å². The molecule has 0 aliphatic heterocycles. The molecular weight excluding hydrogens is 921 g/mol. The van der Waals surface area contributed by atoms with Gasteiger partial charge < -0.3 is 0 Å². The topological polar surface area (TPSA) is 268 Å². The van der Waals surface area contributed by atoms with Gasteiger partial charge in [0.2, 0.25) is 0 Å². The van der Waals surface area contributed by atoms with Gasteiger partial charge in [-0.25, -0.2) is 0 Å². The van der Waals surface area contributed by atoms with E-state index >= 15 is 0 Å². The van der Waals surface area contributed by atoms with E-state index in [-0.39, 0.29) is 13.1 Å². The zero-order valence-electron chi connectivity index (χ0n) is 36.6. The molecule has 60 heavy (non-hydrogen) atoms. The first-order valence-electron chi connectivity index (χ1n) is 21.0. The summed E-state index contributed by atoms with van der Waals surface area (Å²) in [5.41, 5.74) is 1.84. The minimum atomic E-state index is -4.49. The molecule has 0 atom stereocenters. The molecule has 24 heteroatoms. The Bertz CT molecular complexity index is 1380. The van der Waals surface area contributed by atoms with Gasteiger partial charge in [-0.15, -0.1) is 0 Å². The molecule has 354 valence electrons. The van der Waals surface area contributed by atoms with E-state index in [4.69, 9.17) is 9.47 Å². The van der Waals surface area contributed by atoms with Crippen LogP contribution in [0.3, 0.4) is 0 Å². The van der Waals surface area contributed by atoms with Crippen LogP contribution in [0.15, 0.2) is 48.5 Å². The summed E-state index contributed by atoms with van der Waals surface area (Å²) in [6.07, 6.45) is 4.00. The van der Waals surface area contributed by atoms with Crippen LogP contribution in [0.4, 0.5) is 0 Å². The summed E-state index contributed by atoms with van der Waals surface area (Å²) >= 11 is 0. The molecule has 0 spiro atoms. The van der Waals surface area contributed by atoms with Crippen molar-refractivity contribution in [2.24, 2.45) is 0 Å². The monoisotopic (exact) mass is 1000 g/mol. The van der Waals surface area contributed by atoms with Gasteiger partial charge in [0.1, 0.15) is 0 Å². The Morgan fingerprint density at radius 2 is 0.767 bits per heavy atom.